The molecule has 24 heavy (non-hydrogen) atoms. The largest absolute Gasteiger partial charge is 0.359 e. The Balaban J connectivity index is 1.56. The van der Waals surface area contributed by atoms with Crippen LogP contribution in [-0.4, -0.2) is 48.9 Å². The predicted molar refractivity (Wildman–Crippen MR) is 97.6 cm³/mol. The van der Waals surface area contributed by atoms with E-state index in [4.69, 9.17) is 0 Å². The molecule has 0 spiro atoms. The van der Waals surface area contributed by atoms with Crippen LogP contribution in [0, 0.1) is 5.92 Å². The summed E-state index contributed by atoms with van der Waals surface area (Å²) in [5.74, 6) is 0.346. The second-order valence-corrected chi connectivity index (χ2v) is 7.35. The number of carbonyl (C=O) groups excluding carboxylic acids is 1. The molecule has 2 heterocycles. The van der Waals surface area contributed by atoms with Crippen molar-refractivity contribution < 1.29 is 4.79 Å². The van der Waals surface area contributed by atoms with Crippen LogP contribution in [0.5, 0.6) is 0 Å². The Morgan fingerprint density at radius 1 is 1.04 bits per heavy atom. The molecule has 1 aromatic rings. The van der Waals surface area contributed by atoms with Crippen molar-refractivity contribution >= 4 is 5.91 Å². The first-order valence-electron chi connectivity index (χ1n) is 9.49. The van der Waals surface area contributed by atoms with E-state index >= 15 is 0 Å². The van der Waals surface area contributed by atoms with Crippen molar-refractivity contribution in [3.63, 3.8) is 0 Å². The maximum atomic E-state index is 11.9. The summed E-state index contributed by atoms with van der Waals surface area (Å²) in [6, 6.07) is 9.03. The third-order valence-corrected chi connectivity index (χ3v) is 5.38. The number of benzene rings is 1. The van der Waals surface area contributed by atoms with Gasteiger partial charge in [0, 0.05) is 26.7 Å². The SMILES string of the molecule is CNC(=O)C1CCCN(Cc2cccc(CN3CCCCC3)c2)C1. The molecule has 3 rings (SSSR count). The average molecular weight is 329 g/mol. The van der Waals surface area contributed by atoms with Crippen molar-refractivity contribution in [2.75, 3.05) is 33.2 Å². The lowest BCUT2D eigenvalue weighted by atomic mass is 9.96. The Hall–Kier alpha value is -1.39. The molecule has 2 aliphatic heterocycles. The summed E-state index contributed by atoms with van der Waals surface area (Å²) >= 11 is 0. The van der Waals surface area contributed by atoms with Crippen molar-refractivity contribution in [3.8, 4) is 0 Å². The fourth-order valence-electron chi connectivity index (χ4n) is 4.08. The quantitative estimate of drug-likeness (QED) is 0.902. The molecule has 0 aliphatic carbocycles. The van der Waals surface area contributed by atoms with E-state index in [1.54, 1.807) is 7.05 Å². The second kappa shape index (κ2) is 8.63. The first kappa shape index (κ1) is 17.4. The molecule has 4 nitrogen and oxygen atoms in total. The van der Waals surface area contributed by atoms with Crippen LogP contribution in [0.2, 0.25) is 0 Å². The van der Waals surface area contributed by atoms with Gasteiger partial charge >= 0.3 is 0 Å². The van der Waals surface area contributed by atoms with Crippen molar-refractivity contribution in [1.29, 1.82) is 0 Å². The highest BCUT2D eigenvalue weighted by Gasteiger charge is 2.24. The lowest BCUT2D eigenvalue weighted by Gasteiger charge is -2.32. The third-order valence-electron chi connectivity index (χ3n) is 5.38. The van der Waals surface area contributed by atoms with Gasteiger partial charge in [0.05, 0.1) is 5.92 Å². The number of rotatable bonds is 5. The summed E-state index contributed by atoms with van der Waals surface area (Å²) in [4.78, 5) is 16.9. The highest BCUT2D eigenvalue weighted by atomic mass is 16.1. The number of likely N-dealkylation sites (tertiary alicyclic amines) is 2. The highest BCUT2D eigenvalue weighted by molar-refractivity contribution is 5.78. The fourth-order valence-corrected chi connectivity index (χ4v) is 4.08. The van der Waals surface area contributed by atoms with Crippen molar-refractivity contribution in [1.82, 2.24) is 15.1 Å². The molecule has 132 valence electrons. The molecule has 4 heteroatoms. The van der Waals surface area contributed by atoms with Gasteiger partial charge < -0.3 is 5.32 Å². The Bertz CT molecular complexity index is 539. The van der Waals surface area contributed by atoms with E-state index in [1.165, 1.54) is 43.5 Å². The predicted octanol–water partition coefficient (Wildman–Crippen LogP) is 2.63. The third kappa shape index (κ3) is 4.81. The number of hydrogen-bond acceptors (Lipinski definition) is 3. The van der Waals surface area contributed by atoms with Crippen LogP contribution in [-0.2, 0) is 17.9 Å². The van der Waals surface area contributed by atoms with Crippen LogP contribution in [0.25, 0.3) is 0 Å². The number of piperidine rings is 2. The molecule has 1 unspecified atom stereocenters. The first-order chi connectivity index (χ1) is 11.7. The Kier molecular flexibility index (Phi) is 6.27. The molecule has 1 aromatic carbocycles. The molecule has 2 fully saturated rings. The lowest BCUT2D eigenvalue weighted by molar-refractivity contribution is -0.126. The molecule has 2 saturated heterocycles. The molecule has 0 saturated carbocycles. The minimum atomic E-state index is 0.153. The summed E-state index contributed by atoms with van der Waals surface area (Å²) in [5.41, 5.74) is 2.80. The number of amides is 1. The second-order valence-electron chi connectivity index (χ2n) is 7.35. The van der Waals surface area contributed by atoms with Crippen LogP contribution >= 0.6 is 0 Å². The van der Waals surface area contributed by atoms with Gasteiger partial charge in [-0.15, -0.1) is 0 Å². The van der Waals surface area contributed by atoms with Gasteiger partial charge in [0.2, 0.25) is 5.91 Å². The number of nitrogens with one attached hydrogen (secondary N) is 1. The van der Waals surface area contributed by atoms with Crippen molar-refractivity contribution in [2.24, 2.45) is 5.92 Å². The normalized spacial score (nSPS) is 23.1. The molecule has 0 radical (unpaired) electrons. The molecule has 1 N–H and O–H groups in total. The van der Waals surface area contributed by atoms with E-state index in [1.807, 2.05) is 0 Å². The van der Waals surface area contributed by atoms with Crippen LogP contribution in [0.1, 0.15) is 43.2 Å². The maximum Gasteiger partial charge on any atom is 0.224 e. The number of carbonyl (C=O) groups is 1. The Labute approximate surface area is 146 Å². The molecule has 0 aromatic heterocycles. The summed E-state index contributed by atoms with van der Waals surface area (Å²) in [7, 11) is 1.74. The molecular weight excluding hydrogens is 298 g/mol. The summed E-state index contributed by atoms with van der Waals surface area (Å²) < 4.78 is 0. The fraction of sp³-hybridized carbons (Fsp3) is 0.650. The summed E-state index contributed by atoms with van der Waals surface area (Å²) in [5, 5.41) is 2.80. The zero-order valence-electron chi connectivity index (χ0n) is 15.0. The van der Waals surface area contributed by atoms with Crippen molar-refractivity contribution in [2.45, 2.75) is 45.2 Å². The molecular formula is C20H31N3O. The average Bonchev–Trinajstić information content (AvgIpc) is 2.62. The number of nitrogens with zero attached hydrogens (tertiary/aromatic N) is 2. The maximum absolute atomic E-state index is 11.9. The van der Waals surface area contributed by atoms with E-state index < -0.39 is 0 Å². The number of hydrogen-bond donors (Lipinski definition) is 1. The lowest BCUT2D eigenvalue weighted by Crippen LogP contribution is -2.41. The Morgan fingerprint density at radius 3 is 2.42 bits per heavy atom. The van der Waals surface area contributed by atoms with Gasteiger partial charge in [-0.25, -0.2) is 0 Å². The van der Waals surface area contributed by atoms with Crippen LogP contribution in [0.15, 0.2) is 24.3 Å². The van der Waals surface area contributed by atoms with Crippen molar-refractivity contribution in [3.05, 3.63) is 35.4 Å². The highest BCUT2D eigenvalue weighted by Crippen LogP contribution is 2.20. The molecule has 2 aliphatic rings. The smallest absolute Gasteiger partial charge is 0.224 e. The van der Waals surface area contributed by atoms with Gasteiger partial charge in [0.15, 0.2) is 0 Å². The monoisotopic (exact) mass is 329 g/mol. The van der Waals surface area contributed by atoms with Gasteiger partial charge in [-0.3, -0.25) is 14.6 Å². The Morgan fingerprint density at radius 2 is 1.71 bits per heavy atom. The zero-order chi connectivity index (χ0) is 16.8. The topological polar surface area (TPSA) is 35.6 Å². The molecule has 1 atom stereocenters. The zero-order valence-corrected chi connectivity index (χ0v) is 15.0. The van der Waals surface area contributed by atoms with Crippen LogP contribution < -0.4 is 5.32 Å². The van der Waals surface area contributed by atoms with E-state index in [0.29, 0.717) is 0 Å². The van der Waals surface area contributed by atoms with Gasteiger partial charge in [0.25, 0.3) is 0 Å². The molecule has 0 bridgehead atoms. The van der Waals surface area contributed by atoms with Gasteiger partial charge in [-0.1, -0.05) is 30.7 Å². The van der Waals surface area contributed by atoms with Crippen LogP contribution in [0.3, 0.4) is 0 Å². The minimum Gasteiger partial charge on any atom is -0.359 e. The standard InChI is InChI=1S/C20H31N3O/c1-21-20(24)19-9-6-12-23(16-19)15-18-8-5-7-17(13-18)14-22-10-3-2-4-11-22/h5,7-8,13,19H,2-4,6,9-12,14-16H2,1H3,(H,21,24). The van der Waals surface area contributed by atoms with E-state index in [-0.39, 0.29) is 11.8 Å². The van der Waals surface area contributed by atoms with E-state index in [9.17, 15) is 4.79 Å². The van der Waals surface area contributed by atoms with Gasteiger partial charge in [-0.05, 0) is 56.4 Å². The van der Waals surface area contributed by atoms with Gasteiger partial charge in [-0.2, -0.15) is 0 Å². The van der Waals surface area contributed by atoms with Crippen LogP contribution in [0.4, 0.5) is 0 Å². The van der Waals surface area contributed by atoms with E-state index in [0.717, 1.165) is 39.0 Å². The van der Waals surface area contributed by atoms with Gasteiger partial charge in [0.1, 0.15) is 0 Å². The first-order valence-corrected chi connectivity index (χ1v) is 9.49. The summed E-state index contributed by atoms with van der Waals surface area (Å²) in [6.45, 7) is 6.50. The molecule has 1 amide bonds. The van der Waals surface area contributed by atoms with E-state index in [2.05, 4.69) is 39.4 Å². The summed E-state index contributed by atoms with van der Waals surface area (Å²) in [6.07, 6.45) is 6.21. The minimum absolute atomic E-state index is 0.153.